The molecule has 0 spiro atoms. The summed E-state index contributed by atoms with van der Waals surface area (Å²) in [4.78, 5) is 14.3. The second-order valence-corrected chi connectivity index (χ2v) is 6.20. The number of allylic oxidation sites excluding steroid dienone is 4. The van der Waals surface area contributed by atoms with Crippen molar-refractivity contribution in [2.24, 2.45) is 5.92 Å². The molecule has 1 amide bonds. The quantitative estimate of drug-likeness (QED) is 0.886. The lowest BCUT2D eigenvalue weighted by molar-refractivity contribution is -0.137. The van der Waals surface area contributed by atoms with Crippen molar-refractivity contribution in [3.8, 4) is 0 Å². The Labute approximate surface area is 143 Å². The SMILES string of the molecule is O=C(C1C=CC=CC=C1)N1C[C@H](O)C[C@@H]1c1cccc(C(F)(F)F)c1. The fourth-order valence-corrected chi connectivity index (χ4v) is 3.21. The Bertz CT molecular complexity index is 720. The summed E-state index contributed by atoms with van der Waals surface area (Å²) in [6.07, 6.45) is 5.61. The van der Waals surface area contributed by atoms with Crippen LogP contribution in [-0.4, -0.2) is 28.6 Å². The molecule has 25 heavy (non-hydrogen) atoms. The minimum absolute atomic E-state index is 0.116. The molecule has 0 unspecified atom stereocenters. The minimum atomic E-state index is -4.44. The highest BCUT2D eigenvalue weighted by Gasteiger charge is 2.38. The topological polar surface area (TPSA) is 40.5 Å². The molecule has 0 radical (unpaired) electrons. The van der Waals surface area contributed by atoms with Gasteiger partial charge in [-0.2, -0.15) is 13.2 Å². The standard InChI is InChI=1S/C19H18F3NO2/c20-19(21,22)15-9-5-8-14(10-15)17-11-16(24)12-23(17)18(25)13-6-3-1-2-4-7-13/h1-10,13,16-17,24H,11-12H2/t16-,17-/m1/s1. The van der Waals surface area contributed by atoms with Gasteiger partial charge in [-0.1, -0.05) is 48.6 Å². The minimum Gasteiger partial charge on any atom is -0.391 e. The maximum absolute atomic E-state index is 13.0. The Kier molecular flexibility index (Phi) is 4.81. The Hall–Kier alpha value is -2.34. The number of likely N-dealkylation sites (tertiary alicyclic amines) is 1. The number of benzene rings is 1. The van der Waals surface area contributed by atoms with Crippen LogP contribution in [-0.2, 0) is 11.0 Å². The Morgan fingerprint density at radius 1 is 1.12 bits per heavy atom. The van der Waals surface area contributed by atoms with Crippen LogP contribution in [0.3, 0.4) is 0 Å². The van der Waals surface area contributed by atoms with Crippen molar-refractivity contribution in [1.82, 2.24) is 4.90 Å². The van der Waals surface area contributed by atoms with Gasteiger partial charge in [0.15, 0.2) is 0 Å². The third kappa shape index (κ3) is 3.85. The van der Waals surface area contributed by atoms with Crippen molar-refractivity contribution in [3.63, 3.8) is 0 Å². The number of hydrogen-bond acceptors (Lipinski definition) is 2. The predicted octanol–water partition coefficient (Wildman–Crippen LogP) is 3.64. The van der Waals surface area contributed by atoms with Gasteiger partial charge in [0.05, 0.1) is 23.6 Å². The zero-order valence-corrected chi connectivity index (χ0v) is 13.4. The van der Waals surface area contributed by atoms with E-state index in [-0.39, 0.29) is 18.9 Å². The van der Waals surface area contributed by atoms with E-state index in [0.29, 0.717) is 5.56 Å². The van der Waals surface area contributed by atoms with Crippen LogP contribution in [0, 0.1) is 5.92 Å². The van der Waals surface area contributed by atoms with Crippen LogP contribution in [0.25, 0.3) is 0 Å². The summed E-state index contributed by atoms with van der Waals surface area (Å²) in [6, 6.07) is 4.40. The molecule has 3 rings (SSSR count). The molecular weight excluding hydrogens is 331 g/mol. The van der Waals surface area contributed by atoms with E-state index >= 15 is 0 Å². The van der Waals surface area contributed by atoms with Crippen molar-refractivity contribution in [2.45, 2.75) is 24.7 Å². The van der Waals surface area contributed by atoms with Crippen LogP contribution in [0.2, 0.25) is 0 Å². The number of hydrogen-bond donors (Lipinski definition) is 1. The lowest BCUT2D eigenvalue weighted by atomic mass is 9.99. The first-order chi connectivity index (χ1) is 11.9. The second-order valence-electron chi connectivity index (χ2n) is 6.20. The Morgan fingerprint density at radius 2 is 1.80 bits per heavy atom. The zero-order chi connectivity index (χ0) is 18.0. The van der Waals surface area contributed by atoms with Crippen molar-refractivity contribution in [1.29, 1.82) is 0 Å². The first-order valence-electron chi connectivity index (χ1n) is 8.03. The maximum atomic E-state index is 13.0. The molecular formula is C19H18F3NO2. The molecule has 3 nitrogen and oxygen atoms in total. The molecule has 1 fully saturated rings. The highest BCUT2D eigenvalue weighted by molar-refractivity contribution is 5.83. The summed E-state index contributed by atoms with van der Waals surface area (Å²) in [7, 11) is 0. The van der Waals surface area contributed by atoms with Crippen LogP contribution < -0.4 is 0 Å². The van der Waals surface area contributed by atoms with E-state index in [2.05, 4.69) is 0 Å². The number of alkyl halides is 3. The summed E-state index contributed by atoms with van der Waals surface area (Å²) in [5, 5.41) is 10.00. The number of nitrogens with zero attached hydrogens (tertiary/aromatic N) is 1. The molecule has 6 heteroatoms. The van der Waals surface area contributed by atoms with Gasteiger partial charge in [-0.05, 0) is 24.1 Å². The van der Waals surface area contributed by atoms with Crippen molar-refractivity contribution < 1.29 is 23.1 Å². The fraction of sp³-hybridized carbons (Fsp3) is 0.316. The molecule has 0 aromatic heterocycles. The lowest BCUT2D eigenvalue weighted by Gasteiger charge is -2.27. The molecule has 1 N–H and O–H groups in total. The smallest absolute Gasteiger partial charge is 0.391 e. The largest absolute Gasteiger partial charge is 0.416 e. The molecule has 1 saturated heterocycles. The highest BCUT2D eigenvalue weighted by atomic mass is 19.4. The average Bonchev–Trinajstić information content (AvgIpc) is 2.79. The number of amides is 1. The third-order valence-corrected chi connectivity index (χ3v) is 4.42. The number of halogens is 3. The molecule has 0 bridgehead atoms. The number of aliphatic hydroxyl groups excluding tert-OH is 1. The van der Waals surface area contributed by atoms with Crippen LogP contribution in [0.4, 0.5) is 13.2 Å². The van der Waals surface area contributed by atoms with Gasteiger partial charge in [-0.15, -0.1) is 0 Å². The van der Waals surface area contributed by atoms with Crippen LogP contribution in [0.15, 0.2) is 60.7 Å². The number of β-amino-alcohol motifs (C(OH)–C–C–N with tert-alkyl or cyclic N) is 1. The van der Waals surface area contributed by atoms with Gasteiger partial charge in [0, 0.05) is 6.54 Å². The molecule has 1 aromatic rings. The van der Waals surface area contributed by atoms with Crippen molar-refractivity contribution in [3.05, 3.63) is 71.8 Å². The summed E-state index contributed by atoms with van der Waals surface area (Å²) >= 11 is 0. The maximum Gasteiger partial charge on any atom is 0.416 e. The predicted molar refractivity (Wildman–Crippen MR) is 87.4 cm³/mol. The molecule has 1 aromatic carbocycles. The summed E-state index contributed by atoms with van der Waals surface area (Å²) in [6.45, 7) is 0.116. The second kappa shape index (κ2) is 6.88. The van der Waals surface area contributed by atoms with E-state index in [1.807, 2.05) is 0 Å². The van der Waals surface area contributed by atoms with Gasteiger partial charge in [0.2, 0.25) is 5.91 Å². The number of carbonyl (C=O) groups excluding carboxylic acids is 1. The van der Waals surface area contributed by atoms with Gasteiger partial charge in [-0.25, -0.2) is 0 Å². The van der Waals surface area contributed by atoms with Crippen LogP contribution >= 0.6 is 0 Å². The molecule has 0 saturated carbocycles. The molecule has 1 aliphatic carbocycles. The van der Waals surface area contributed by atoms with Crippen LogP contribution in [0.5, 0.6) is 0 Å². The van der Waals surface area contributed by atoms with Gasteiger partial charge in [0.25, 0.3) is 0 Å². The van der Waals surface area contributed by atoms with E-state index in [9.17, 15) is 23.1 Å². The molecule has 132 valence electrons. The van der Waals surface area contributed by atoms with Crippen molar-refractivity contribution >= 4 is 5.91 Å². The Balaban J connectivity index is 1.88. The molecule has 2 atom stereocenters. The summed E-state index contributed by atoms with van der Waals surface area (Å²) in [5.41, 5.74) is -0.364. The first kappa shape index (κ1) is 17.5. The number of rotatable bonds is 2. The van der Waals surface area contributed by atoms with E-state index in [0.717, 1.165) is 12.1 Å². The third-order valence-electron chi connectivity index (χ3n) is 4.42. The van der Waals surface area contributed by atoms with E-state index in [1.54, 1.807) is 42.5 Å². The van der Waals surface area contributed by atoms with Gasteiger partial charge >= 0.3 is 6.18 Å². The number of aliphatic hydroxyl groups is 1. The lowest BCUT2D eigenvalue weighted by Crippen LogP contribution is -2.35. The normalized spacial score (nSPS) is 23.9. The summed E-state index contributed by atoms with van der Waals surface area (Å²) < 4.78 is 38.9. The van der Waals surface area contributed by atoms with E-state index in [4.69, 9.17) is 0 Å². The van der Waals surface area contributed by atoms with E-state index < -0.39 is 29.8 Å². The van der Waals surface area contributed by atoms with Gasteiger partial charge in [-0.3, -0.25) is 4.79 Å². The molecule has 1 heterocycles. The van der Waals surface area contributed by atoms with Gasteiger partial charge in [0.1, 0.15) is 0 Å². The Morgan fingerprint density at radius 3 is 2.44 bits per heavy atom. The molecule has 2 aliphatic rings. The zero-order valence-electron chi connectivity index (χ0n) is 13.4. The molecule has 1 aliphatic heterocycles. The van der Waals surface area contributed by atoms with Gasteiger partial charge < -0.3 is 10.0 Å². The fourth-order valence-electron chi connectivity index (χ4n) is 3.21. The number of carbonyl (C=O) groups is 1. The van der Waals surface area contributed by atoms with E-state index in [1.165, 1.54) is 11.0 Å². The average molecular weight is 349 g/mol. The summed E-state index contributed by atoms with van der Waals surface area (Å²) in [5.74, 6) is -0.719. The first-order valence-corrected chi connectivity index (χ1v) is 8.03. The van der Waals surface area contributed by atoms with Crippen LogP contribution in [0.1, 0.15) is 23.6 Å². The monoisotopic (exact) mass is 349 g/mol. The highest BCUT2D eigenvalue weighted by Crippen LogP contribution is 2.37. The van der Waals surface area contributed by atoms with Crippen molar-refractivity contribution in [2.75, 3.05) is 6.54 Å².